The highest BCUT2D eigenvalue weighted by atomic mass is 16.5. The van der Waals surface area contributed by atoms with Crippen LogP contribution in [-0.2, 0) is 0 Å². The molecule has 1 saturated heterocycles. The molecular weight excluding hydrogens is 236 g/mol. The molecule has 1 aliphatic rings. The second-order valence-corrected chi connectivity index (χ2v) is 5.89. The van der Waals surface area contributed by atoms with Crippen molar-refractivity contribution >= 4 is 5.69 Å². The summed E-state index contributed by atoms with van der Waals surface area (Å²) in [5.41, 5.74) is 1.32. The molecule has 0 aromatic heterocycles. The maximum Gasteiger partial charge on any atom is 0.120 e. The van der Waals surface area contributed by atoms with Crippen LogP contribution in [0, 0.1) is 17.2 Å². The Morgan fingerprint density at radius 3 is 2.95 bits per heavy atom. The van der Waals surface area contributed by atoms with E-state index in [2.05, 4.69) is 36.9 Å². The Balaban J connectivity index is 2.25. The van der Waals surface area contributed by atoms with E-state index in [-0.39, 0.29) is 5.54 Å². The molecule has 3 heteroatoms. The average Bonchev–Trinajstić information content (AvgIpc) is 2.41. The van der Waals surface area contributed by atoms with Gasteiger partial charge in [-0.25, -0.2) is 0 Å². The summed E-state index contributed by atoms with van der Waals surface area (Å²) in [6, 6.07) is 10.5. The number of hydrogen-bond donors (Lipinski definition) is 0. The third-order valence-electron chi connectivity index (χ3n) is 4.08. The number of nitriles is 1. The fourth-order valence-corrected chi connectivity index (χ4v) is 2.82. The summed E-state index contributed by atoms with van der Waals surface area (Å²) in [5.74, 6) is 1.36. The van der Waals surface area contributed by atoms with Gasteiger partial charge in [-0.05, 0) is 44.7 Å². The lowest BCUT2D eigenvalue weighted by Gasteiger charge is -2.47. The number of piperidine rings is 1. The standard InChI is InChI=1S/C16H22N2O/c1-16(2)9-7-13(8-10-17)12-18(16)14-5-4-6-15(11-14)19-3/h4-6,11,13H,7-9,12H2,1-3H3. The minimum Gasteiger partial charge on any atom is -0.497 e. The molecule has 19 heavy (non-hydrogen) atoms. The van der Waals surface area contributed by atoms with Crippen LogP contribution in [0.15, 0.2) is 24.3 Å². The van der Waals surface area contributed by atoms with Gasteiger partial charge in [-0.1, -0.05) is 6.07 Å². The molecule has 1 unspecified atom stereocenters. The van der Waals surface area contributed by atoms with Crippen LogP contribution < -0.4 is 9.64 Å². The zero-order valence-electron chi connectivity index (χ0n) is 12.0. The molecule has 1 atom stereocenters. The van der Waals surface area contributed by atoms with Crippen molar-refractivity contribution in [2.24, 2.45) is 5.92 Å². The minimum atomic E-state index is 0.137. The molecule has 0 saturated carbocycles. The second kappa shape index (κ2) is 5.52. The molecule has 0 amide bonds. The van der Waals surface area contributed by atoms with Gasteiger partial charge in [0.15, 0.2) is 0 Å². The Labute approximate surface area is 115 Å². The summed E-state index contributed by atoms with van der Waals surface area (Å²) in [6.45, 7) is 5.50. The van der Waals surface area contributed by atoms with Gasteiger partial charge in [-0.15, -0.1) is 0 Å². The van der Waals surface area contributed by atoms with Gasteiger partial charge in [-0.3, -0.25) is 0 Å². The monoisotopic (exact) mass is 258 g/mol. The lowest BCUT2D eigenvalue weighted by atomic mass is 9.83. The fourth-order valence-electron chi connectivity index (χ4n) is 2.82. The maximum atomic E-state index is 8.90. The van der Waals surface area contributed by atoms with Crippen molar-refractivity contribution in [2.45, 2.75) is 38.6 Å². The highest BCUT2D eigenvalue weighted by Gasteiger charge is 2.34. The average molecular weight is 258 g/mol. The normalized spacial score (nSPS) is 21.8. The Kier molecular flexibility index (Phi) is 3.99. The van der Waals surface area contributed by atoms with Crippen LogP contribution in [0.2, 0.25) is 0 Å². The first-order chi connectivity index (χ1) is 9.06. The van der Waals surface area contributed by atoms with E-state index in [0.29, 0.717) is 12.3 Å². The van der Waals surface area contributed by atoms with Gasteiger partial charge in [0, 0.05) is 30.3 Å². The van der Waals surface area contributed by atoms with E-state index in [1.165, 1.54) is 5.69 Å². The minimum absolute atomic E-state index is 0.137. The summed E-state index contributed by atoms with van der Waals surface area (Å²) in [7, 11) is 1.69. The van der Waals surface area contributed by atoms with E-state index in [9.17, 15) is 0 Å². The first-order valence-electron chi connectivity index (χ1n) is 6.85. The second-order valence-electron chi connectivity index (χ2n) is 5.89. The number of benzene rings is 1. The molecule has 0 aliphatic carbocycles. The van der Waals surface area contributed by atoms with Crippen LogP contribution in [-0.4, -0.2) is 19.2 Å². The number of ether oxygens (including phenoxy) is 1. The number of nitrogens with zero attached hydrogens (tertiary/aromatic N) is 2. The van der Waals surface area contributed by atoms with Crippen molar-refractivity contribution < 1.29 is 4.74 Å². The number of rotatable bonds is 3. The Hall–Kier alpha value is -1.69. The summed E-state index contributed by atoms with van der Waals surface area (Å²) >= 11 is 0. The predicted octanol–water partition coefficient (Wildman–Crippen LogP) is 3.60. The molecule has 0 spiro atoms. The molecule has 1 aliphatic heterocycles. The van der Waals surface area contributed by atoms with Gasteiger partial charge < -0.3 is 9.64 Å². The van der Waals surface area contributed by atoms with Gasteiger partial charge in [-0.2, -0.15) is 5.26 Å². The molecule has 1 heterocycles. The van der Waals surface area contributed by atoms with E-state index in [1.807, 2.05) is 12.1 Å². The van der Waals surface area contributed by atoms with Gasteiger partial charge in [0.05, 0.1) is 13.2 Å². The molecular formula is C16H22N2O. The van der Waals surface area contributed by atoms with Crippen molar-refractivity contribution in [3.8, 4) is 11.8 Å². The van der Waals surface area contributed by atoms with Crippen molar-refractivity contribution in [1.29, 1.82) is 5.26 Å². The van der Waals surface area contributed by atoms with E-state index in [4.69, 9.17) is 10.00 Å². The zero-order valence-corrected chi connectivity index (χ0v) is 12.0. The van der Waals surface area contributed by atoms with Crippen LogP contribution in [0.4, 0.5) is 5.69 Å². The number of methoxy groups -OCH3 is 1. The van der Waals surface area contributed by atoms with Gasteiger partial charge in [0.1, 0.15) is 5.75 Å². The molecule has 2 rings (SSSR count). The number of hydrogen-bond acceptors (Lipinski definition) is 3. The summed E-state index contributed by atoms with van der Waals surface area (Å²) in [5, 5.41) is 8.90. The van der Waals surface area contributed by atoms with E-state index in [1.54, 1.807) is 7.11 Å². The molecule has 102 valence electrons. The first kappa shape index (κ1) is 13.7. The van der Waals surface area contributed by atoms with E-state index in [0.717, 1.165) is 25.1 Å². The third kappa shape index (κ3) is 3.01. The summed E-state index contributed by atoms with van der Waals surface area (Å²) in [4.78, 5) is 2.42. The highest BCUT2D eigenvalue weighted by molar-refractivity contribution is 5.53. The van der Waals surface area contributed by atoms with Crippen LogP contribution in [0.5, 0.6) is 5.75 Å². The molecule has 0 N–H and O–H groups in total. The van der Waals surface area contributed by atoms with Crippen LogP contribution in [0.1, 0.15) is 33.1 Å². The van der Waals surface area contributed by atoms with Gasteiger partial charge in [0.25, 0.3) is 0 Å². The lowest BCUT2D eigenvalue weighted by Crippen LogP contribution is -2.50. The largest absolute Gasteiger partial charge is 0.497 e. The van der Waals surface area contributed by atoms with Crippen molar-refractivity contribution in [2.75, 3.05) is 18.6 Å². The lowest BCUT2D eigenvalue weighted by molar-refractivity contribution is 0.292. The highest BCUT2D eigenvalue weighted by Crippen LogP contribution is 2.36. The van der Waals surface area contributed by atoms with E-state index >= 15 is 0 Å². The maximum absolute atomic E-state index is 8.90. The smallest absolute Gasteiger partial charge is 0.120 e. The molecule has 0 radical (unpaired) electrons. The molecule has 1 fully saturated rings. The molecule has 0 bridgehead atoms. The van der Waals surface area contributed by atoms with Gasteiger partial charge in [0.2, 0.25) is 0 Å². The van der Waals surface area contributed by atoms with Crippen molar-refractivity contribution in [3.63, 3.8) is 0 Å². The van der Waals surface area contributed by atoms with Crippen LogP contribution in [0.25, 0.3) is 0 Å². The predicted molar refractivity (Wildman–Crippen MR) is 77.4 cm³/mol. The fraction of sp³-hybridized carbons (Fsp3) is 0.562. The Morgan fingerprint density at radius 2 is 2.26 bits per heavy atom. The van der Waals surface area contributed by atoms with Crippen molar-refractivity contribution in [3.05, 3.63) is 24.3 Å². The third-order valence-corrected chi connectivity index (χ3v) is 4.08. The zero-order chi connectivity index (χ0) is 13.9. The molecule has 1 aromatic carbocycles. The number of anilines is 1. The Morgan fingerprint density at radius 1 is 1.47 bits per heavy atom. The summed E-state index contributed by atoms with van der Waals surface area (Å²) in [6.07, 6.45) is 2.91. The first-order valence-corrected chi connectivity index (χ1v) is 6.85. The topological polar surface area (TPSA) is 36.3 Å². The summed E-state index contributed by atoms with van der Waals surface area (Å²) < 4.78 is 5.31. The quantitative estimate of drug-likeness (QED) is 0.831. The Bertz CT molecular complexity index is 476. The molecule has 1 aromatic rings. The van der Waals surface area contributed by atoms with E-state index < -0.39 is 0 Å². The molecule has 3 nitrogen and oxygen atoms in total. The van der Waals surface area contributed by atoms with Crippen LogP contribution >= 0.6 is 0 Å². The SMILES string of the molecule is COc1cccc(N2CC(CC#N)CCC2(C)C)c1. The van der Waals surface area contributed by atoms with Crippen LogP contribution in [0.3, 0.4) is 0 Å². The van der Waals surface area contributed by atoms with Crippen molar-refractivity contribution in [1.82, 2.24) is 0 Å². The van der Waals surface area contributed by atoms with Gasteiger partial charge >= 0.3 is 0 Å².